The third-order valence-electron chi connectivity index (χ3n) is 4.04. The number of amides is 1. The first-order chi connectivity index (χ1) is 12.5. The number of fused-ring (bicyclic) bond motifs is 1. The molecule has 1 N–H and O–H groups in total. The van der Waals surface area contributed by atoms with Gasteiger partial charge in [0.2, 0.25) is 11.0 Å². The molecule has 0 atom stereocenters. The molecule has 0 unspecified atom stereocenters. The van der Waals surface area contributed by atoms with Crippen molar-refractivity contribution in [2.75, 3.05) is 5.32 Å². The first-order valence-electron chi connectivity index (χ1n) is 8.53. The molecule has 0 saturated carbocycles. The minimum atomic E-state index is -0.130. The standard InChI is InChI=1S/C18H21N5O2S/c1-11(2)16-21-22-18(26-16)20-14(24)8-5-9-23-10-19-15-12(3)6-4-7-13(15)17(23)25/h4,6-7,10-11H,5,8-9H2,1-3H3,(H,20,22,24). The molecule has 3 aromatic rings. The SMILES string of the molecule is Cc1cccc2c(=O)n(CCCC(=O)Nc3nnc(C(C)C)s3)cnc12. The number of aromatic nitrogens is 4. The highest BCUT2D eigenvalue weighted by atomic mass is 32.1. The van der Waals surface area contributed by atoms with E-state index in [1.165, 1.54) is 11.3 Å². The zero-order valence-electron chi connectivity index (χ0n) is 15.0. The number of carbonyl (C=O) groups excluding carboxylic acids is 1. The normalized spacial score (nSPS) is 11.2. The number of rotatable bonds is 6. The van der Waals surface area contributed by atoms with Gasteiger partial charge >= 0.3 is 0 Å². The molecule has 0 fully saturated rings. The van der Waals surface area contributed by atoms with E-state index in [9.17, 15) is 9.59 Å². The van der Waals surface area contributed by atoms with Gasteiger partial charge < -0.3 is 5.32 Å². The van der Waals surface area contributed by atoms with E-state index in [0.717, 1.165) is 16.1 Å². The van der Waals surface area contributed by atoms with E-state index in [0.29, 0.717) is 29.9 Å². The monoisotopic (exact) mass is 371 g/mol. The van der Waals surface area contributed by atoms with Crippen molar-refractivity contribution in [3.63, 3.8) is 0 Å². The molecule has 136 valence electrons. The van der Waals surface area contributed by atoms with Gasteiger partial charge in [-0.15, -0.1) is 10.2 Å². The summed E-state index contributed by atoms with van der Waals surface area (Å²) in [4.78, 5) is 28.9. The predicted octanol–water partition coefficient (Wildman–Crippen LogP) is 3.10. The minimum absolute atomic E-state index is 0.0789. The highest BCUT2D eigenvalue weighted by Gasteiger charge is 2.11. The van der Waals surface area contributed by atoms with Crippen LogP contribution < -0.4 is 10.9 Å². The molecule has 1 aromatic carbocycles. The van der Waals surface area contributed by atoms with Gasteiger partial charge in [0.1, 0.15) is 5.01 Å². The van der Waals surface area contributed by atoms with Crippen LogP contribution in [0.1, 0.15) is 43.2 Å². The zero-order valence-corrected chi connectivity index (χ0v) is 15.8. The number of aryl methyl sites for hydroxylation is 2. The molecule has 0 aliphatic carbocycles. The van der Waals surface area contributed by atoms with Gasteiger partial charge in [-0.05, 0) is 25.0 Å². The molecule has 2 aromatic heterocycles. The fourth-order valence-electron chi connectivity index (χ4n) is 2.61. The smallest absolute Gasteiger partial charge is 0.261 e. The maximum atomic E-state index is 12.5. The molecule has 0 radical (unpaired) electrons. The molecule has 26 heavy (non-hydrogen) atoms. The van der Waals surface area contributed by atoms with Gasteiger partial charge in [-0.3, -0.25) is 14.2 Å². The van der Waals surface area contributed by atoms with E-state index in [4.69, 9.17) is 0 Å². The minimum Gasteiger partial charge on any atom is -0.301 e. The molecule has 7 nitrogen and oxygen atoms in total. The lowest BCUT2D eigenvalue weighted by Gasteiger charge is -2.07. The average molecular weight is 371 g/mol. The summed E-state index contributed by atoms with van der Waals surface area (Å²) in [6.07, 6.45) is 2.39. The fraction of sp³-hybridized carbons (Fsp3) is 0.389. The molecule has 0 spiro atoms. The second-order valence-corrected chi connectivity index (χ2v) is 7.48. The molecule has 8 heteroatoms. The summed E-state index contributed by atoms with van der Waals surface area (Å²) in [7, 11) is 0. The number of nitrogens with one attached hydrogen (secondary N) is 1. The van der Waals surface area contributed by atoms with E-state index in [1.807, 2.05) is 32.9 Å². The second-order valence-electron chi connectivity index (χ2n) is 6.47. The van der Waals surface area contributed by atoms with Crippen LogP contribution >= 0.6 is 11.3 Å². The van der Waals surface area contributed by atoms with Gasteiger partial charge in [-0.25, -0.2) is 4.98 Å². The predicted molar refractivity (Wildman–Crippen MR) is 103 cm³/mol. The Morgan fingerprint density at radius 2 is 2.12 bits per heavy atom. The van der Waals surface area contributed by atoms with Crippen molar-refractivity contribution in [3.05, 3.63) is 45.5 Å². The number of hydrogen-bond donors (Lipinski definition) is 1. The van der Waals surface area contributed by atoms with Gasteiger partial charge in [-0.2, -0.15) is 0 Å². The Kier molecular flexibility index (Phi) is 5.41. The van der Waals surface area contributed by atoms with Crippen LogP contribution in [0.25, 0.3) is 10.9 Å². The molecule has 1 amide bonds. The van der Waals surface area contributed by atoms with Crippen molar-refractivity contribution in [3.8, 4) is 0 Å². The number of hydrogen-bond acceptors (Lipinski definition) is 6. The third kappa shape index (κ3) is 3.96. The van der Waals surface area contributed by atoms with E-state index in [1.54, 1.807) is 17.0 Å². The third-order valence-corrected chi connectivity index (χ3v) is 5.18. The number of carbonyl (C=O) groups is 1. The number of benzene rings is 1. The largest absolute Gasteiger partial charge is 0.301 e. The molecular formula is C18H21N5O2S. The number of nitrogens with zero attached hydrogens (tertiary/aromatic N) is 4. The molecule has 0 aliphatic rings. The fourth-order valence-corrected chi connectivity index (χ4v) is 3.37. The second kappa shape index (κ2) is 7.74. The van der Waals surface area contributed by atoms with Crippen LogP contribution in [0.3, 0.4) is 0 Å². The van der Waals surface area contributed by atoms with E-state index in [-0.39, 0.29) is 17.4 Å². The van der Waals surface area contributed by atoms with E-state index in [2.05, 4.69) is 20.5 Å². The van der Waals surface area contributed by atoms with Crippen molar-refractivity contribution in [2.24, 2.45) is 0 Å². The van der Waals surface area contributed by atoms with Gasteiger partial charge in [0, 0.05) is 18.9 Å². The summed E-state index contributed by atoms with van der Waals surface area (Å²) in [5.74, 6) is 0.156. The van der Waals surface area contributed by atoms with Gasteiger partial charge in [0.15, 0.2) is 0 Å². The highest BCUT2D eigenvalue weighted by Crippen LogP contribution is 2.22. The number of para-hydroxylation sites is 1. The van der Waals surface area contributed by atoms with Crippen LogP contribution in [0.4, 0.5) is 5.13 Å². The van der Waals surface area contributed by atoms with Crippen LogP contribution in [0.15, 0.2) is 29.3 Å². The lowest BCUT2D eigenvalue weighted by Crippen LogP contribution is -2.22. The Balaban J connectivity index is 1.59. The zero-order chi connectivity index (χ0) is 18.7. The van der Waals surface area contributed by atoms with Crippen LogP contribution in [0.5, 0.6) is 0 Å². The first kappa shape index (κ1) is 18.2. The average Bonchev–Trinajstić information content (AvgIpc) is 3.06. The maximum Gasteiger partial charge on any atom is 0.261 e. The van der Waals surface area contributed by atoms with Crippen LogP contribution in [-0.2, 0) is 11.3 Å². The summed E-state index contributed by atoms with van der Waals surface area (Å²) in [5.41, 5.74) is 1.62. The van der Waals surface area contributed by atoms with Crippen molar-refractivity contribution < 1.29 is 4.79 Å². The summed E-state index contributed by atoms with van der Waals surface area (Å²) in [5, 5.41) is 12.8. The molecule has 0 bridgehead atoms. The molecule has 3 rings (SSSR count). The summed E-state index contributed by atoms with van der Waals surface area (Å²) in [6.45, 7) is 6.43. The molecule has 0 aliphatic heterocycles. The molecular weight excluding hydrogens is 350 g/mol. The van der Waals surface area contributed by atoms with Gasteiger partial charge in [0.25, 0.3) is 5.56 Å². The van der Waals surface area contributed by atoms with Crippen molar-refractivity contribution in [1.29, 1.82) is 0 Å². The van der Waals surface area contributed by atoms with Gasteiger partial charge in [-0.1, -0.05) is 37.3 Å². The summed E-state index contributed by atoms with van der Waals surface area (Å²) < 4.78 is 1.55. The highest BCUT2D eigenvalue weighted by molar-refractivity contribution is 7.15. The Hall–Kier alpha value is -2.61. The van der Waals surface area contributed by atoms with Crippen LogP contribution in [0, 0.1) is 6.92 Å². The topological polar surface area (TPSA) is 89.8 Å². The summed E-state index contributed by atoms with van der Waals surface area (Å²) in [6, 6.07) is 5.57. The first-order valence-corrected chi connectivity index (χ1v) is 9.35. The Labute approximate surface area is 155 Å². The van der Waals surface area contributed by atoms with Gasteiger partial charge in [0.05, 0.1) is 17.2 Å². The van der Waals surface area contributed by atoms with Crippen molar-refractivity contribution in [1.82, 2.24) is 19.7 Å². The van der Waals surface area contributed by atoms with E-state index < -0.39 is 0 Å². The van der Waals surface area contributed by atoms with Crippen molar-refractivity contribution in [2.45, 2.75) is 46.1 Å². The quantitative estimate of drug-likeness (QED) is 0.719. The maximum absolute atomic E-state index is 12.5. The van der Waals surface area contributed by atoms with Crippen molar-refractivity contribution >= 4 is 33.3 Å². The van der Waals surface area contributed by atoms with Crippen LogP contribution in [0.2, 0.25) is 0 Å². The lowest BCUT2D eigenvalue weighted by atomic mass is 10.1. The Morgan fingerprint density at radius 3 is 2.85 bits per heavy atom. The Morgan fingerprint density at radius 1 is 1.31 bits per heavy atom. The summed E-state index contributed by atoms with van der Waals surface area (Å²) >= 11 is 1.38. The lowest BCUT2D eigenvalue weighted by molar-refractivity contribution is -0.116. The number of anilines is 1. The van der Waals surface area contributed by atoms with Crippen LogP contribution in [-0.4, -0.2) is 25.7 Å². The molecule has 0 saturated heterocycles. The Bertz CT molecular complexity index is 993. The van der Waals surface area contributed by atoms with E-state index >= 15 is 0 Å². The molecule has 2 heterocycles.